The molecule has 0 aliphatic carbocycles. The van der Waals surface area contributed by atoms with Crippen LogP contribution in [-0.2, 0) is 0 Å². The second-order valence-electron chi connectivity index (χ2n) is 6.40. The third kappa shape index (κ3) is 4.29. The molecular formula is C16H24FNO. The lowest BCUT2D eigenvalue weighted by Gasteiger charge is -2.38. The molecule has 1 N–H and O–H groups in total. The van der Waals surface area contributed by atoms with Gasteiger partial charge in [0.05, 0.1) is 6.10 Å². The molecule has 1 saturated heterocycles. The van der Waals surface area contributed by atoms with Gasteiger partial charge in [-0.2, -0.15) is 0 Å². The fourth-order valence-electron chi connectivity index (χ4n) is 2.89. The van der Waals surface area contributed by atoms with E-state index < -0.39 is 6.10 Å². The van der Waals surface area contributed by atoms with Crippen molar-refractivity contribution in [3.05, 3.63) is 35.6 Å². The number of hydrogen-bond acceptors (Lipinski definition) is 2. The van der Waals surface area contributed by atoms with E-state index in [4.69, 9.17) is 0 Å². The average molecular weight is 265 g/mol. The molecule has 1 aliphatic rings. The van der Waals surface area contributed by atoms with Crippen molar-refractivity contribution in [3.8, 4) is 0 Å². The smallest absolute Gasteiger partial charge is 0.123 e. The summed E-state index contributed by atoms with van der Waals surface area (Å²) in [5.74, 6) is -0.256. The van der Waals surface area contributed by atoms with Crippen molar-refractivity contribution in [2.45, 2.75) is 39.2 Å². The molecule has 1 unspecified atom stereocenters. The molecule has 0 bridgehead atoms. The van der Waals surface area contributed by atoms with Crippen molar-refractivity contribution in [1.82, 2.24) is 4.90 Å². The van der Waals surface area contributed by atoms with Gasteiger partial charge in [-0.05, 0) is 48.9 Å². The van der Waals surface area contributed by atoms with E-state index in [0.29, 0.717) is 11.8 Å². The van der Waals surface area contributed by atoms with Crippen LogP contribution in [0, 0.1) is 11.2 Å². The van der Waals surface area contributed by atoms with E-state index in [2.05, 4.69) is 18.7 Å². The molecule has 19 heavy (non-hydrogen) atoms. The van der Waals surface area contributed by atoms with E-state index in [1.807, 2.05) is 0 Å². The third-order valence-corrected chi connectivity index (χ3v) is 3.95. The highest BCUT2D eigenvalue weighted by Gasteiger charge is 2.26. The Morgan fingerprint density at radius 3 is 2.63 bits per heavy atom. The van der Waals surface area contributed by atoms with Gasteiger partial charge in [-0.25, -0.2) is 4.39 Å². The van der Waals surface area contributed by atoms with Crippen LogP contribution in [0.5, 0.6) is 0 Å². The maximum absolute atomic E-state index is 12.8. The standard InChI is InChI=1S/C16H24FNO/c1-16(2)9-3-10-18(12-16)11-8-15(19)13-4-6-14(17)7-5-13/h4-7,15,19H,3,8-12H2,1-2H3. The maximum Gasteiger partial charge on any atom is 0.123 e. The summed E-state index contributed by atoms with van der Waals surface area (Å²) in [4.78, 5) is 2.43. The Hall–Kier alpha value is -0.930. The first-order chi connectivity index (χ1) is 8.96. The highest BCUT2D eigenvalue weighted by molar-refractivity contribution is 5.18. The van der Waals surface area contributed by atoms with Gasteiger partial charge in [-0.1, -0.05) is 26.0 Å². The van der Waals surface area contributed by atoms with Crippen LogP contribution in [-0.4, -0.2) is 29.6 Å². The molecule has 0 spiro atoms. The maximum atomic E-state index is 12.8. The molecule has 3 heteroatoms. The van der Waals surface area contributed by atoms with E-state index in [1.54, 1.807) is 12.1 Å². The molecule has 2 rings (SSSR count). The molecule has 1 fully saturated rings. The van der Waals surface area contributed by atoms with Gasteiger partial charge in [0, 0.05) is 13.1 Å². The Kier molecular flexibility index (Phi) is 4.58. The zero-order chi connectivity index (χ0) is 13.9. The average Bonchev–Trinajstić information content (AvgIpc) is 2.36. The molecule has 106 valence electrons. The fourth-order valence-corrected chi connectivity index (χ4v) is 2.89. The normalized spacial score (nSPS) is 21.3. The minimum absolute atomic E-state index is 0.256. The van der Waals surface area contributed by atoms with Gasteiger partial charge in [-0.3, -0.25) is 0 Å². The Bertz CT molecular complexity index is 402. The highest BCUT2D eigenvalue weighted by atomic mass is 19.1. The van der Waals surface area contributed by atoms with E-state index in [9.17, 15) is 9.50 Å². The van der Waals surface area contributed by atoms with Crippen LogP contribution < -0.4 is 0 Å². The van der Waals surface area contributed by atoms with Gasteiger partial charge in [0.15, 0.2) is 0 Å². The summed E-state index contributed by atoms with van der Waals surface area (Å²) in [6, 6.07) is 6.14. The summed E-state index contributed by atoms with van der Waals surface area (Å²) >= 11 is 0. The van der Waals surface area contributed by atoms with Gasteiger partial charge in [0.1, 0.15) is 5.82 Å². The predicted octanol–water partition coefficient (Wildman–Crippen LogP) is 3.37. The topological polar surface area (TPSA) is 23.5 Å². The number of benzene rings is 1. The number of nitrogens with zero attached hydrogens (tertiary/aromatic N) is 1. The number of halogens is 1. The van der Waals surface area contributed by atoms with E-state index >= 15 is 0 Å². The van der Waals surface area contributed by atoms with Crippen LogP contribution in [0.4, 0.5) is 4.39 Å². The molecule has 0 radical (unpaired) electrons. The van der Waals surface area contributed by atoms with E-state index in [0.717, 1.165) is 25.2 Å². The van der Waals surface area contributed by atoms with E-state index in [-0.39, 0.29) is 5.82 Å². The second-order valence-corrected chi connectivity index (χ2v) is 6.40. The summed E-state index contributed by atoms with van der Waals surface area (Å²) in [6.45, 7) is 7.73. The summed E-state index contributed by atoms with van der Waals surface area (Å²) < 4.78 is 12.8. The Balaban J connectivity index is 1.83. The molecule has 0 amide bonds. The van der Waals surface area contributed by atoms with Gasteiger partial charge in [0.25, 0.3) is 0 Å². The lowest BCUT2D eigenvalue weighted by molar-refractivity contribution is 0.0899. The second kappa shape index (κ2) is 6.02. The lowest BCUT2D eigenvalue weighted by atomic mass is 9.84. The first-order valence-corrected chi connectivity index (χ1v) is 7.12. The van der Waals surface area contributed by atoms with Gasteiger partial charge in [-0.15, -0.1) is 0 Å². The number of likely N-dealkylation sites (tertiary alicyclic amines) is 1. The van der Waals surface area contributed by atoms with Crippen molar-refractivity contribution in [2.24, 2.45) is 5.41 Å². The molecule has 1 atom stereocenters. The minimum atomic E-state index is -0.495. The van der Waals surface area contributed by atoms with Crippen molar-refractivity contribution in [3.63, 3.8) is 0 Å². The summed E-state index contributed by atoms with van der Waals surface area (Å²) in [5.41, 5.74) is 1.19. The SMILES string of the molecule is CC1(C)CCCN(CCC(O)c2ccc(F)cc2)C1. The first-order valence-electron chi connectivity index (χ1n) is 7.12. The van der Waals surface area contributed by atoms with Crippen LogP contribution in [0.25, 0.3) is 0 Å². The summed E-state index contributed by atoms with van der Waals surface area (Å²) in [6.07, 6.45) is 2.73. The number of piperidine rings is 1. The molecular weight excluding hydrogens is 241 g/mol. The summed E-state index contributed by atoms with van der Waals surface area (Å²) in [7, 11) is 0. The molecule has 0 saturated carbocycles. The predicted molar refractivity (Wildman–Crippen MR) is 75.4 cm³/mol. The van der Waals surface area contributed by atoms with Crippen molar-refractivity contribution >= 4 is 0 Å². The molecule has 1 aromatic carbocycles. The van der Waals surface area contributed by atoms with Crippen LogP contribution in [0.3, 0.4) is 0 Å². The number of aliphatic hydroxyl groups is 1. The van der Waals surface area contributed by atoms with E-state index in [1.165, 1.54) is 25.0 Å². The van der Waals surface area contributed by atoms with Crippen LogP contribution in [0.15, 0.2) is 24.3 Å². The van der Waals surface area contributed by atoms with Crippen LogP contribution >= 0.6 is 0 Å². The Morgan fingerprint density at radius 2 is 2.00 bits per heavy atom. The van der Waals surface area contributed by atoms with Crippen molar-refractivity contribution in [1.29, 1.82) is 0 Å². The molecule has 1 aliphatic heterocycles. The van der Waals surface area contributed by atoms with Crippen LogP contribution in [0.2, 0.25) is 0 Å². The largest absolute Gasteiger partial charge is 0.388 e. The number of rotatable bonds is 4. The van der Waals surface area contributed by atoms with Gasteiger partial charge in [0.2, 0.25) is 0 Å². The summed E-state index contributed by atoms with van der Waals surface area (Å²) in [5, 5.41) is 10.1. The first kappa shape index (κ1) is 14.5. The number of hydrogen-bond donors (Lipinski definition) is 1. The fraction of sp³-hybridized carbons (Fsp3) is 0.625. The highest BCUT2D eigenvalue weighted by Crippen LogP contribution is 2.29. The quantitative estimate of drug-likeness (QED) is 0.902. The molecule has 2 nitrogen and oxygen atoms in total. The molecule has 0 aromatic heterocycles. The monoisotopic (exact) mass is 265 g/mol. The zero-order valence-corrected chi connectivity index (χ0v) is 11.9. The Labute approximate surface area is 115 Å². The molecule has 1 aromatic rings. The third-order valence-electron chi connectivity index (χ3n) is 3.95. The van der Waals surface area contributed by atoms with Crippen molar-refractivity contribution in [2.75, 3.05) is 19.6 Å². The van der Waals surface area contributed by atoms with Gasteiger partial charge < -0.3 is 10.0 Å². The lowest BCUT2D eigenvalue weighted by Crippen LogP contribution is -2.40. The molecule has 1 heterocycles. The number of aliphatic hydroxyl groups excluding tert-OH is 1. The van der Waals surface area contributed by atoms with Crippen LogP contribution in [0.1, 0.15) is 44.8 Å². The Morgan fingerprint density at radius 1 is 1.32 bits per heavy atom. The zero-order valence-electron chi connectivity index (χ0n) is 11.9. The minimum Gasteiger partial charge on any atom is -0.388 e. The van der Waals surface area contributed by atoms with Crippen molar-refractivity contribution < 1.29 is 9.50 Å². The van der Waals surface area contributed by atoms with Gasteiger partial charge >= 0.3 is 0 Å².